The van der Waals surface area contributed by atoms with E-state index in [1.807, 2.05) is 27.7 Å². The minimum absolute atomic E-state index is 0. The highest BCUT2D eigenvalue weighted by Gasteiger charge is 2.52. The molecule has 1 aliphatic heterocycles. The second-order valence-corrected chi connectivity index (χ2v) is 6.56. The molecule has 0 aliphatic carbocycles. The van der Waals surface area contributed by atoms with Gasteiger partial charge in [-0.2, -0.15) is 0 Å². The summed E-state index contributed by atoms with van der Waals surface area (Å²) in [7, 11) is -0.729. The molecule has 0 radical (unpaired) electrons. The fourth-order valence-corrected chi connectivity index (χ4v) is 2.28. The molecule has 1 aliphatic rings. The molecule has 1 aromatic carbocycles. The van der Waals surface area contributed by atoms with Crippen molar-refractivity contribution in [1.29, 1.82) is 0 Å². The molecular formula is C18H23BFNO3. The molecule has 2 aromatic rings. The summed E-state index contributed by atoms with van der Waals surface area (Å²) in [5.41, 5.74) is -0.647. The van der Waals surface area contributed by atoms with Crippen molar-refractivity contribution >= 4 is 12.6 Å². The van der Waals surface area contributed by atoms with Gasteiger partial charge in [0.1, 0.15) is 17.3 Å². The van der Waals surface area contributed by atoms with Crippen molar-refractivity contribution in [2.45, 2.75) is 46.3 Å². The van der Waals surface area contributed by atoms with Crippen LogP contribution in [0.5, 0.6) is 11.5 Å². The van der Waals surface area contributed by atoms with Crippen molar-refractivity contribution in [2.75, 3.05) is 0 Å². The van der Waals surface area contributed by atoms with Crippen molar-refractivity contribution in [1.82, 2.24) is 4.98 Å². The Morgan fingerprint density at radius 1 is 1.04 bits per heavy atom. The van der Waals surface area contributed by atoms with Gasteiger partial charge in [0.2, 0.25) is 0 Å². The van der Waals surface area contributed by atoms with Gasteiger partial charge in [0.15, 0.2) is 0 Å². The standard InChI is InChI=1S/C17H19BFNO3.CH4/c1-16(2)17(3,4)23-18(22-16)14-8-7-12(10-15(14)19)21-13-6-5-9-20-11-13;/h5-11H,1-4H3;1H4. The highest BCUT2D eigenvalue weighted by Crippen LogP contribution is 2.36. The van der Waals surface area contributed by atoms with E-state index in [0.717, 1.165) is 0 Å². The van der Waals surface area contributed by atoms with E-state index in [4.69, 9.17) is 14.0 Å². The lowest BCUT2D eigenvalue weighted by Gasteiger charge is -2.32. The van der Waals surface area contributed by atoms with Crippen LogP contribution in [0.25, 0.3) is 0 Å². The number of benzene rings is 1. The summed E-state index contributed by atoms with van der Waals surface area (Å²) in [5.74, 6) is 0.524. The smallest absolute Gasteiger partial charge is 0.456 e. The quantitative estimate of drug-likeness (QED) is 0.799. The van der Waals surface area contributed by atoms with Gasteiger partial charge < -0.3 is 14.0 Å². The average Bonchev–Trinajstić information content (AvgIpc) is 2.68. The molecule has 3 rings (SSSR count). The van der Waals surface area contributed by atoms with Gasteiger partial charge in [-0.1, -0.05) is 13.5 Å². The normalized spacial score (nSPS) is 18.1. The Kier molecular flexibility index (Phi) is 5.01. The number of aromatic nitrogens is 1. The van der Waals surface area contributed by atoms with E-state index in [9.17, 15) is 4.39 Å². The summed E-state index contributed by atoms with van der Waals surface area (Å²) < 4.78 is 31.8. The lowest BCUT2D eigenvalue weighted by atomic mass is 9.78. The molecule has 1 aromatic heterocycles. The van der Waals surface area contributed by atoms with E-state index in [2.05, 4.69) is 4.98 Å². The zero-order chi connectivity index (χ0) is 16.7. The number of pyridine rings is 1. The molecule has 24 heavy (non-hydrogen) atoms. The molecule has 4 nitrogen and oxygen atoms in total. The van der Waals surface area contributed by atoms with Gasteiger partial charge in [0.25, 0.3) is 0 Å². The molecule has 1 saturated heterocycles. The van der Waals surface area contributed by atoms with E-state index in [0.29, 0.717) is 17.0 Å². The predicted octanol–water partition coefficient (Wildman–Crippen LogP) is 3.95. The van der Waals surface area contributed by atoms with E-state index < -0.39 is 24.1 Å². The molecule has 2 heterocycles. The number of ether oxygens (including phenoxy) is 1. The molecule has 0 saturated carbocycles. The number of halogens is 1. The Balaban J connectivity index is 0.00000208. The van der Waals surface area contributed by atoms with Crippen molar-refractivity contribution in [2.24, 2.45) is 0 Å². The van der Waals surface area contributed by atoms with E-state index in [1.54, 1.807) is 36.7 Å². The Bertz CT molecular complexity index is 691. The lowest BCUT2D eigenvalue weighted by Crippen LogP contribution is -2.41. The maximum absolute atomic E-state index is 14.5. The number of nitrogens with zero attached hydrogens (tertiary/aromatic N) is 1. The fraction of sp³-hybridized carbons (Fsp3) is 0.389. The molecule has 0 atom stereocenters. The van der Waals surface area contributed by atoms with Crippen molar-refractivity contribution in [3.05, 3.63) is 48.5 Å². The lowest BCUT2D eigenvalue weighted by molar-refractivity contribution is 0.00578. The maximum atomic E-state index is 14.5. The second-order valence-electron chi connectivity index (χ2n) is 6.56. The van der Waals surface area contributed by atoms with Gasteiger partial charge in [0, 0.05) is 17.7 Å². The highest BCUT2D eigenvalue weighted by atomic mass is 19.1. The first-order chi connectivity index (χ1) is 10.8. The van der Waals surface area contributed by atoms with Crippen LogP contribution in [-0.2, 0) is 9.31 Å². The molecule has 6 heteroatoms. The van der Waals surface area contributed by atoms with Gasteiger partial charge in [-0.05, 0) is 45.9 Å². The largest absolute Gasteiger partial charge is 0.497 e. The highest BCUT2D eigenvalue weighted by molar-refractivity contribution is 6.62. The van der Waals surface area contributed by atoms with E-state index in [-0.39, 0.29) is 7.43 Å². The van der Waals surface area contributed by atoms with Gasteiger partial charge >= 0.3 is 7.12 Å². The Morgan fingerprint density at radius 2 is 1.71 bits per heavy atom. The molecule has 0 spiro atoms. The zero-order valence-corrected chi connectivity index (χ0v) is 13.7. The van der Waals surface area contributed by atoms with Crippen molar-refractivity contribution in [3.8, 4) is 11.5 Å². The number of hydrogen-bond donors (Lipinski definition) is 0. The van der Waals surface area contributed by atoms with Crippen LogP contribution in [0, 0.1) is 5.82 Å². The molecule has 1 fully saturated rings. The molecule has 0 amide bonds. The minimum Gasteiger partial charge on any atom is -0.456 e. The van der Waals surface area contributed by atoms with Crippen LogP contribution in [0.2, 0.25) is 0 Å². The van der Waals surface area contributed by atoms with Crippen LogP contribution in [0.3, 0.4) is 0 Å². The Morgan fingerprint density at radius 3 is 2.25 bits per heavy atom. The third-order valence-electron chi connectivity index (χ3n) is 4.35. The van der Waals surface area contributed by atoms with Gasteiger partial charge in [-0.3, -0.25) is 4.98 Å². The summed E-state index contributed by atoms with van der Waals surface area (Å²) in [4.78, 5) is 3.96. The summed E-state index contributed by atoms with van der Waals surface area (Å²) >= 11 is 0. The maximum Gasteiger partial charge on any atom is 0.497 e. The molecule has 0 bridgehead atoms. The van der Waals surface area contributed by atoms with Crippen LogP contribution in [0.4, 0.5) is 4.39 Å². The summed E-state index contributed by atoms with van der Waals surface area (Å²) in [6.45, 7) is 7.74. The summed E-state index contributed by atoms with van der Waals surface area (Å²) in [5, 5.41) is 0. The van der Waals surface area contributed by atoms with Gasteiger partial charge in [0.05, 0.1) is 17.4 Å². The van der Waals surface area contributed by atoms with Crippen molar-refractivity contribution < 1.29 is 18.4 Å². The summed E-state index contributed by atoms with van der Waals surface area (Å²) in [6.07, 6.45) is 3.22. The predicted molar refractivity (Wildman–Crippen MR) is 93.2 cm³/mol. The molecular weight excluding hydrogens is 308 g/mol. The van der Waals surface area contributed by atoms with Crippen LogP contribution in [0.15, 0.2) is 42.7 Å². The monoisotopic (exact) mass is 331 g/mol. The van der Waals surface area contributed by atoms with Crippen LogP contribution >= 0.6 is 0 Å². The van der Waals surface area contributed by atoms with Crippen LogP contribution in [0.1, 0.15) is 35.1 Å². The van der Waals surface area contributed by atoms with E-state index >= 15 is 0 Å². The number of hydrogen-bond acceptors (Lipinski definition) is 4. The second kappa shape index (κ2) is 6.53. The SMILES string of the molecule is C.CC1(C)OB(c2ccc(Oc3cccnc3)cc2F)OC1(C)C. The van der Waals surface area contributed by atoms with Crippen LogP contribution in [-0.4, -0.2) is 23.3 Å². The topological polar surface area (TPSA) is 40.6 Å². The summed E-state index contributed by atoms with van der Waals surface area (Å²) in [6, 6.07) is 8.16. The van der Waals surface area contributed by atoms with Gasteiger partial charge in [-0.15, -0.1) is 0 Å². The molecule has 128 valence electrons. The first kappa shape index (κ1) is 18.4. The molecule has 0 unspecified atom stereocenters. The molecule has 0 N–H and O–H groups in total. The first-order valence-electron chi connectivity index (χ1n) is 7.51. The first-order valence-corrected chi connectivity index (χ1v) is 7.51. The third kappa shape index (κ3) is 3.44. The zero-order valence-electron chi connectivity index (χ0n) is 13.7. The Labute approximate surface area is 143 Å². The van der Waals surface area contributed by atoms with E-state index in [1.165, 1.54) is 6.07 Å². The fourth-order valence-electron chi connectivity index (χ4n) is 2.28. The van der Waals surface area contributed by atoms with Gasteiger partial charge in [-0.25, -0.2) is 4.39 Å². The van der Waals surface area contributed by atoms with Crippen molar-refractivity contribution in [3.63, 3.8) is 0 Å². The van der Waals surface area contributed by atoms with Crippen LogP contribution < -0.4 is 10.2 Å². The average molecular weight is 331 g/mol. The Hall–Kier alpha value is -1.92. The number of rotatable bonds is 3. The minimum atomic E-state index is -0.729. The third-order valence-corrected chi connectivity index (χ3v) is 4.35.